The normalized spacial score (nSPS) is 34.6. The van der Waals surface area contributed by atoms with Crippen LogP contribution in [0.5, 0.6) is 0 Å². The molecule has 0 aromatic carbocycles. The number of rotatable bonds is 14. The molecule has 20 nitrogen and oxygen atoms in total. The SMILES string of the molecule is C=C[C@H]1[C@H](O[C@@H]2O[C@H](CO)[C@@H](O)C(O)(O)[C@H]2O[C@H](CO)NC)OC=C2C(=O)O[C@@H]3CCC[C@H]3CSS[C@H]3CC#C/C(=C\C4=C(NC(N)=NCCCO)C(C(=O)O)=CN(C4)[C@H]3CO)[C@H]21. The van der Waals surface area contributed by atoms with Crippen molar-refractivity contribution in [3.63, 3.8) is 0 Å². The number of likely N-dealkylation sites (N-methyl/N-ethyl adjacent to an activating group) is 1. The first kappa shape index (κ1) is 48.8. The summed E-state index contributed by atoms with van der Waals surface area (Å²) in [5, 5.41) is 89.3. The third kappa shape index (κ3) is 10.9. The maximum absolute atomic E-state index is 14.5. The van der Waals surface area contributed by atoms with Crippen molar-refractivity contribution in [2.45, 2.75) is 92.4 Å². The van der Waals surface area contributed by atoms with E-state index in [1.807, 2.05) is 0 Å². The molecule has 2 fully saturated rings. The van der Waals surface area contributed by atoms with Crippen molar-refractivity contribution in [3.8, 4) is 11.8 Å². The van der Waals surface area contributed by atoms with E-state index < -0.39 is 92.0 Å². The zero-order valence-electron chi connectivity index (χ0n) is 34.7. The fourth-order valence-corrected chi connectivity index (χ4v) is 11.6. The Kier molecular flexibility index (Phi) is 17.0. The molecule has 348 valence electrons. The molecular formula is C41H57N5O15S2. The number of guanidine groups is 1. The quantitative estimate of drug-likeness (QED) is 0.0136. The molecule has 0 aromatic heterocycles. The molecule has 0 spiro atoms. The van der Waals surface area contributed by atoms with E-state index in [1.54, 1.807) is 21.8 Å². The summed E-state index contributed by atoms with van der Waals surface area (Å²) in [6.07, 6.45) is -2.01. The standard InChI is InChI=1S/C41H57N5O15S2/c1-3-24-32-21-7-5-10-30(27(16-48)46-14-23(13-21)33(25(15-46)36(52)53)45-40(42)44-11-6-12-47)63-62-20-22-8-4-9-28(22)58-37(54)26(32)19-57-38(24)61-39-35(60-31(18-50)43-2)41(55,56)34(51)29(17-49)59-39/h3,13,15,19,22,24,27-32,34-35,38-39,43,47-51,55-56H,1,4,6,8-12,14,16-18,20H2,2H3,(H,52,53)(H3,42,44,45)/b21-13+/t22-,24+,27-,28+,29+,30-,31+,32-,34+,35-,38-,39-/m0/s1. The number of aliphatic imine (C=N–C) groups is 1. The Morgan fingerprint density at radius 2 is 2.02 bits per heavy atom. The highest BCUT2D eigenvalue weighted by Crippen LogP contribution is 2.44. The van der Waals surface area contributed by atoms with Crippen LogP contribution in [0.25, 0.3) is 0 Å². The van der Waals surface area contributed by atoms with E-state index in [2.05, 4.69) is 34.0 Å². The molecule has 1 saturated carbocycles. The number of nitrogens with two attached hydrogens (primary N) is 1. The topological polar surface area (TPSA) is 308 Å². The predicted molar refractivity (Wildman–Crippen MR) is 228 cm³/mol. The third-order valence-corrected chi connectivity index (χ3v) is 14.8. The van der Waals surface area contributed by atoms with Crippen molar-refractivity contribution in [1.29, 1.82) is 0 Å². The highest BCUT2D eigenvalue weighted by atomic mass is 33.1. The summed E-state index contributed by atoms with van der Waals surface area (Å²) in [4.78, 5) is 33.5. The predicted octanol–water partition coefficient (Wildman–Crippen LogP) is -1.66. The minimum atomic E-state index is -3.10. The number of aliphatic hydroxyl groups excluding tert-OH is 5. The molecule has 22 heteroatoms. The first-order valence-corrected chi connectivity index (χ1v) is 23.1. The molecule has 6 aliphatic rings. The van der Waals surface area contributed by atoms with Crippen molar-refractivity contribution in [3.05, 3.63) is 59.2 Å². The fraction of sp³-hybridized carbons (Fsp3) is 0.634. The van der Waals surface area contributed by atoms with Crippen LogP contribution in [-0.2, 0) is 33.3 Å². The van der Waals surface area contributed by atoms with Gasteiger partial charge in [0.15, 0.2) is 18.4 Å². The Labute approximate surface area is 372 Å². The van der Waals surface area contributed by atoms with Crippen molar-refractivity contribution >= 4 is 39.5 Å². The zero-order chi connectivity index (χ0) is 45.4. The van der Waals surface area contributed by atoms with E-state index in [1.165, 1.54) is 30.1 Å². The van der Waals surface area contributed by atoms with Gasteiger partial charge in [-0.25, -0.2) is 9.59 Å². The second-order valence-corrected chi connectivity index (χ2v) is 18.4. The van der Waals surface area contributed by atoms with Crippen LogP contribution in [0.2, 0.25) is 0 Å². The van der Waals surface area contributed by atoms with E-state index in [-0.39, 0.29) is 72.3 Å². The van der Waals surface area contributed by atoms with Crippen molar-refractivity contribution in [2.75, 3.05) is 52.3 Å². The monoisotopic (exact) mass is 923 g/mol. The number of esters is 1. The molecule has 5 aliphatic heterocycles. The van der Waals surface area contributed by atoms with Gasteiger partial charge in [0.25, 0.3) is 0 Å². The average molecular weight is 924 g/mol. The molecule has 0 radical (unpaired) electrons. The number of carboxylic acid groups (broad SMARTS) is 1. The minimum absolute atomic E-state index is 0.0143. The van der Waals surface area contributed by atoms with E-state index >= 15 is 0 Å². The van der Waals surface area contributed by atoms with Crippen LogP contribution >= 0.6 is 21.6 Å². The second-order valence-electron chi connectivity index (χ2n) is 15.8. The number of ether oxygens (including phenoxy) is 5. The van der Waals surface area contributed by atoms with Gasteiger partial charge in [-0.05, 0) is 44.4 Å². The Morgan fingerprint density at radius 3 is 2.70 bits per heavy atom. The van der Waals surface area contributed by atoms with Crippen molar-refractivity contribution < 1.29 is 74.1 Å². The maximum Gasteiger partial charge on any atom is 0.339 e. The molecule has 0 aromatic rings. The van der Waals surface area contributed by atoms with Crippen molar-refractivity contribution in [2.24, 2.45) is 28.5 Å². The van der Waals surface area contributed by atoms with E-state index in [0.717, 1.165) is 19.1 Å². The molecular weight excluding hydrogens is 867 g/mol. The van der Waals surface area contributed by atoms with Crippen LogP contribution in [0, 0.1) is 29.6 Å². The van der Waals surface area contributed by atoms with Crippen LogP contribution in [0.1, 0.15) is 32.1 Å². The number of aliphatic hydroxyl groups is 7. The molecule has 0 unspecified atom stereocenters. The van der Waals surface area contributed by atoms with Gasteiger partial charge < -0.3 is 80.5 Å². The van der Waals surface area contributed by atoms with Crippen LogP contribution in [0.3, 0.4) is 0 Å². The van der Waals surface area contributed by atoms with Gasteiger partial charge in [0, 0.05) is 60.7 Å². The van der Waals surface area contributed by atoms with Gasteiger partial charge in [-0.3, -0.25) is 10.3 Å². The summed E-state index contributed by atoms with van der Waals surface area (Å²) in [5.41, 5.74) is 6.76. The van der Waals surface area contributed by atoms with Gasteiger partial charge in [0.05, 0.1) is 54.9 Å². The number of fused-ring (bicyclic) bond motifs is 8. The fourth-order valence-electron chi connectivity index (χ4n) is 8.36. The highest BCUT2D eigenvalue weighted by molar-refractivity contribution is 8.77. The zero-order valence-corrected chi connectivity index (χ0v) is 36.3. The summed E-state index contributed by atoms with van der Waals surface area (Å²) in [6, 6.07) is -0.582. The lowest BCUT2D eigenvalue weighted by molar-refractivity contribution is -0.416. The van der Waals surface area contributed by atoms with Gasteiger partial charge in [0.2, 0.25) is 12.1 Å². The van der Waals surface area contributed by atoms with Gasteiger partial charge in [-0.15, -0.1) is 6.58 Å². The molecule has 0 amide bonds. The van der Waals surface area contributed by atoms with Crippen LogP contribution in [0.4, 0.5) is 0 Å². The number of allylic oxidation sites excluding steroid dienone is 1. The Balaban J connectivity index is 1.53. The van der Waals surface area contributed by atoms with Gasteiger partial charge in [-0.2, -0.15) is 0 Å². The summed E-state index contributed by atoms with van der Waals surface area (Å²) in [5.74, 6) is -0.264. The Morgan fingerprint density at radius 1 is 1.22 bits per heavy atom. The lowest BCUT2D eigenvalue weighted by Crippen LogP contribution is -2.69. The number of nitrogens with one attached hydrogen (secondary N) is 2. The molecule has 5 heterocycles. The van der Waals surface area contributed by atoms with Gasteiger partial charge in [-0.1, -0.05) is 39.5 Å². The van der Waals surface area contributed by atoms with E-state index in [4.69, 9.17) is 29.4 Å². The maximum atomic E-state index is 14.5. The summed E-state index contributed by atoms with van der Waals surface area (Å²) < 4.78 is 30.2. The number of carbonyl (C=O) groups is 2. The molecule has 6 rings (SSSR count). The molecule has 1 saturated heterocycles. The Hall–Kier alpha value is -3.67. The third-order valence-electron chi connectivity index (χ3n) is 11.8. The second kappa shape index (κ2) is 22.0. The smallest absolute Gasteiger partial charge is 0.339 e. The molecule has 4 bridgehead atoms. The molecule has 12 N–H and O–H groups in total. The number of aliphatic carboxylic acids is 1. The minimum Gasteiger partial charge on any atom is -0.478 e. The number of carbonyl (C=O) groups excluding carboxylic acids is 1. The first-order chi connectivity index (χ1) is 30.3. The number of hydrogen-bond acceptors (Lipinski definition) is 19. The van der Waals surface area contributed by atoms with E-state index in [0.29, 0.717) is 24.2 Å². The summed E-state index contributed by atoms with van der Waals surface area (Å²) in [6.45, 7) is 2.26. The largest absolute Gasteiger partial charge is 0.478 e. The van der Waals surface area contributed by atoms with Crippen LogP contribution < -0.4 is 16.4 Å². The van der Waals surface area contributed by atoms with Gasteiger partial charge in [0.1, 0.15) is 24.5 Å². The van der Waals surface area contributed by atoms with Crippen LogP contribution in [0.15, 0.2) is 64.2 Å². The molecule has 12 atom stereocenters. The lowest BCUT2D eigenvalue weighted by atomic mass is 9.77. The molecule has 63 heavy (non-hydrogen) atoms. The highest BCUT2D eigenvalue weighted by Gasteiger charge is 2.58. The van der Waals surface area contributed by atoms with E-state index in [9.17, 15) is 50.4 Å². The first-order valence-electron chi connectivity index (χ1n) is 20.7. The Bertz CT molecular complexity index is 1900. The number of hydrogen-bond donors (Lipinski definition) is 11. The summed E-state index contributed by atoms with van der Waals surface area (Å²) >= 11 is 0. The molecule has 1 aliphatic carbocycles. The number of nitrogens with zero attached hydrogens (tertiary/aromatic N) is 2. The lowest BCUT2D eigenvalue weighted by Gasteiger charge is -2.48. The van der Waals surface area contributed by atoms with Crippen LogP contribution in [-0.4, -0.2) is 176 Å². The van der Waals surface area contributed by atoms with Gasteiger partial charge >= 0.3 is 11.9 Å². The summed E-state index contributed by atoms with van der Waals surface area (Å²) in [7, 11) is 4.54. The average Bonchev–Trinajstić information content (AvgIpc) is 3.70. The number of carboxylic acids is 1. The van der Waals surface area contributed by atoms with Crippen molar-refractivity contribution in [1.82, 2.24) is 15.5 Å².